The largest absolute Gasteiger partial charge is 0.365 e. The zero-order chi connectivity index (χ0) is 19.9. The van der Waals surface area contributed by atoms with Crippen LogP contribution in [-0.2, 0) is 15.1 Å². The fourth-order valence-corrected chi connectivity index (χ4v) is 7.54. The maximum Gasteiger partial charge on any atom is 0.155 e. The van der Waals surface area contributed by atoms with Crippen LogP contribution in [0.4, 0.5) is 0 Å². The number of carbonyl (C=O) groups excluding carboxylic acids is 1. The van der Waals surface area contributed by atoms with Crippen molar-refractivity contribution in [3.8, 4) is 0 Å². The molecule has 144 valence electrons. The van der Waals surface area contributed by atoms with Crippen LogP contribution in [0.1, 0.15) is 12.0 Å². The van der Waals surface area contributed by atoms with E-state index in [1.807, 2.05) is 18.2 Å². The first kappa shape index (κ1) is 19.6. The SMILES string of the molecule is C=C([C@@H]1CO[C@]2(c3ccc(Br)cc3)C=CC(=O)C[C@H]12)[Si](C)(C)c1ccccc1. The lowest BCUT2D eigenvalue weighted by atomic mass is 9.71. The summed E-state index contributed by atoms with van der Waals surface area (Å²) in [5, 5.41) is 2.64. The Bertz CT molecular complexity index is 933. The second-order valence-corrected chi connectivity index (χ2v) is 13.7. The van der Waals surface area contributed by atoms with E-state index in [9.17, 15) is 4.79 Å². The molecule has 0 N–H and O–H groups in total. The number of fused-ring (bicyclic) bond motifs is 1. The number of carbonyl (C=O) groups is 1. The molecule has 0 saturated carbocycles. The minimum atomic E-state index is -1.91. The number of ether oxygens (including phenoxy) is 1. The summed E-state index contributed by atoms with van der Waals surface area (Å²) in [6.45, 7) is 9.89. The molecule has 1 saturated heterocycles. The fraction of sp³-hybridized carbons (Fsp3) is 0.292. The molecule has 2 nitrogen and oxygen atoms in total. The van der Waals surface area contributed by atoms with Crippen molar-refractivity contribution in [3.63, 3.8) is 0 Å². The average molecular weight is 453 g/mol. The van der Waals surface area contributed by atoms with Crippen molar-refractivity contribution in [2.75, 3.05) is 6.61 Å². The third kappa shape index (κ3) is 3.17. The Morgan fingerprint density at radius 3 is 2.50 bits per heavy atom. The van der Waals surface area contributed by atoms with Crippen LogP contribution in [0.3, 0.4) is 0 Å². The van der Waals surface area contributed by atoms with Gasteiger partial charge in [-0.05, 0) is 29.8 Å². The van der Waals surface area contributed by atoms with E-state index < -0.39 is 13.7 Å². The summed E-state index contributed by atoms with van der Waals surface area (Å²) in [4.78, 5) is 12.4. The maximum absolute atomic E-state index is 12.4. The van der Waals surface area contributed by atoms with E-state index in [2.05, 4.69) is 78.1 Å². The molecule has 0 radical (unpaired) electrons. The van der Waals surface area contributed by atoms with E-state index in [0.29, 0.717) is 13.0 Å². The molecular formula is C24H25BrO2Si. The van der Waals surface area contributed by atoms with Crippen molar-refractivity contribution < 1.29 is 9.53 Å². The Morgan fingerprint density at radius 1 is 1.14 bits per heavy atom. The molecule has 1 aliphatic heterocycles. The summed E-state index contributed by atoms with van der Waals surface area (Å²) in [6, 6.07) is 19.0. The van der Waals surface area contributed by atoms with Crippen LogP contribution >= 0.6 is 15.9 Å². The van der Waals surface area contributed by atoms with Crippen molar-refractivity contribution in [3.05, 3.63) is 88.6 Å². The third-order valence-electron chi connectivity index (χ3n) is 6.52. The summed E-state index contributed by atoms with van der Waals surface area (Å²) >= 11 is 3.51. The lowest BCUT2D eigenvalue weighted by Crippen LogP contribution is -2.48. The van der Waals surface area contributed by atoms with E-state index in [1.165, 1.54) is 10.4 Å². The topological polar surface area (TPSA) is 26.3 Å². The van der Waals surface area contributed by atoms with Gasteiger partial charge in [-0.15, -0.1) is 6.58 Å². The molecule has 0 bridgehead atoms. The molecule has 1 heterocycles. The molecule has 2 aliphatic rings. The van der Waals surface area contributed by atoms with Crippen molar-refractivity contribution in [1.29, 1.82) is 0 Å². The number of hydrogen-bond donors (Lipinski definition) is 0. The predicted molar refractivity (Wildman–Crippen MR) is 120 cm³/mol. The van der Waals surface area contributed by atoms with Crippen molar-refractivity contribution >= 4 is 35.0 Å². The van der Waals surface area contributed by atoms with Crippen molar-refractivity contribution in [2.45, 2.75) is 25.1 Å². The first-order chi connectivity index (χ1) is 13.3. The molecule has 28 heavy (non-hydrogen) atoms. The molecule has 0 aromatic heterocycles. The van der Waals surface area contributed by atoms with Crippen molar-refractivity contribution in [2.24, 2.45) is 11.8 Å². The Kier molecular flexibility index (Phi) is 5.06. The summed E-state index contributed by atoms with van der Waals surface area (Å²) in [6.07, 6.45) is 4.19. The molecule has 2 aromatic carbocycles. The molecule has 2 aromatic rings. The first-order valence-corrected chi connectivity index (χ1v) is 13.5. The summed E-state index contributed by atoms with van der Waals surface area (Å²) in [7, 11) is -1.91. The van der Waals surface area contributed by atoms with Gasteiger partial charge in [-0.1, -0.05) is 81.9 Å². The Hall–Kier alpha value is -1.75. The predicted octanol–water partition coefficient (Wildman–Crippen LogP) is 5.15. The van der Waals surface area contributed by atoms with Crippen LogP contribution in [0.15, 0.2) is 83.0 Å². The smallest absolute Gasteiger partial charge is 0.155 e. The van der Waals surface area contributed by atoms with Crippen LogP contribution in [0.2, 0.25) is 13.1 Å². The van der Waals surface area contributed by atoms with Gasteiger partial charge in [-0.25, -0.2) is 0 Å². The van der Waals surface area contributed by atoms with E-state index in [-0.39, 0.29) is 17.6 Å². The lowest BCUT2D eigenvalue weighted by Gasteiger charge is -2.38. The minimum Gasteiger partial charge on any atom is -0.365 e. The van der Waals surface area contributed by atoms with Gasteiger partial charge in [0.25, 0.3) is 0 Å². The summed E-state index contributed by atoms with van der Waals surface area (Å²) < 4.78 is 7.53. The number of benzene rings is 2. The fourth-order valence-electron chi connectivity index (χ4n) is 4.67. The van der Waals surface area contributed by atoms with Crippen LogP contribution in [0, 0.1) is 11.8 Å². The highest BCUT2D eigenvalue weighted by molar-refractivity contribution is 9.10. The van der Waals surface area contributed by atoms with E-state index in [4.69, 9.17) is 4.74 Å². The number of allylic oxidation sites excluding steroid dienone is 1. The van der Waals surface area contributed by atoms with Crippen LogP contribution in [-0.4, -0.2) is 20.5 Å². The van der Waals surface area contributed by atoms with E-state index in [1.54, 1.807) is 6.08 Å². The quantitative estimate of drug-likeness (QED) is 0.599. The van der Waals surface area contributed by atoms with Gasteiger partial charge >= 0.3 is 0 Å². The molecule has 1 fully saturated rings. The highest BCUT2D eigenvalue weighted by Crippen LogP contribution is 2.52. The standard InChI is InChI=1S/C24H25BrO2Si/c1-17(28(2,3)21-7-5-4-6-8-21)22-16-27-24(14-13-20(26)15-23(22)24)18-9-11-19(25)12-10-18/h4-14,22-23H,1,15-16H2,2-3H3/t22-,23+,24-/m0/s1. The van der Waals surface area contributed by atoms with Gasteiger partial charge in [-0.3, -0.25) is 4.79 Å². The van der Waals surface area contributed by atoms with Crippen molar-refractivity contribution in [1.82, 2.24) is 0 Å². The maximum atomic E-state index is 12.4. The summed E-state index contributed by atoms with van der Waals surface area (Å²) in [5.74, 6) is 0.453. The highest BCUT2D eigenvalue weighted by Gasteiger charge is 2.54. The first-order valence-electron chi connectivity index (χ1n) is 9.71. The highest BCUT2D eigenvalue weighted by atomic mass is 79.9. The molecule has 0 amide bonds. The molecule has 0 unspecified atom stereocenters. The molecule has 3 atom stereocenters. The zero-order valence-corrected chi connectivity index (χ0v) is 18.9. The van der Waals surface area contributed by atoms with E-state index in [0.717, 1.165) is 10.0 Å². The van der Waals surface area contributed by atoms with Crippen LogP contribution in [0.25, 0.3) is 0 Å². The van der Waals surface area contributed by atoms with Gasteiger partial charge in [0.1, 0.15) is 13.7 Å². The Labute approximate surface area is 176 Å². The molecule has 4 heteroatoms. The number of ketones is 1. The second-order valence-electron chi connectivity index (χ2n) is 8.34. The third-order valence-corrected chi connectivity index (χ3v) is 10.8. The average Bonchev–Trinajstić information content (AvgIpc) is 3.08. The van der Waals surface area contributed by atoms with Gasteiger partial charge in [0.05, 0.1) is 6.61 Å². The molecule has 0 spiro atoms. The zero-order valence-electron chi connectivity index (χ0n) is 16.3. The van der Waals surface area contributed by atoms with Gasteiger partial charge < -0.3 is 4.74 Å². The molecule has 4 rings (SSSR count). The van der Waals surface area contributed by atoms with Gasteiger partial charge in [0.15, 0.2) is 5.78 Å². The monoisotopic (exact) mass is 452 g/mol. The normalized spacial score (nSPS) is 26.9. The van der Waals surface area contributed by atoms with Gasteiger partial charge in [0, 0.05) is 22.7 Å². The molecule has 1 aliphatic carbocycles. The van der Waals surface area contributed by atoms with Gasteiger partial charge in [-0.2, -0.15) is 0 Å². The number of rotatable bonds is 4. The Balaban J connectivity index is 1.72. The number of hydrogen-bond acceptors (Lipinski definition) is 2. The summed E-state index contributed by atoms with van der Waals surface area (Å²) in [5.41, 5.74) is 0.572. The van der Waals surface area contributed by atoms with E-state index >= 15 is 0 Å². The Morgan fingerprint density at radius 2 is 1.82 bits per heavy atom. The van der Waals surface area contributed by atoms with Crippen LogP contribution < -0.4 is 5.19 Å². The second kappa shape index (κ2) is 7.25. The van der Waals surface area contributed by atoms with Crippen LogP contribution in [0.5, 0.6) is 0 Å². The molecular weight excluding hydrogens is 428 g/mol. The minimum absolute atomic E-state index is 0.0918. The lowest BCUT2D eigenvalue weighted by molar-refractivity contribution is -0.118. The number of halogens is 1. The van der Waals surface area contributed by atoms with Gasteiger partial charge in [0.2, 0.25) is 0 Å².